The highest BCUT2D eigenvalue weighted by Gasteiger charge is 2.21. The summed E-state index contributed by atoms with van der Waals surface area (Å²) < 4.78 is 8.70. The molecule has 2 aromatic heterocycles. The first-order valence-corrected chi connectivity index (χ1v) is 7.15. The van der Waals surface area contributed by atoms with E-state index in [9.17, 15) is 4.79 Å². The number of hydrogen-bond acceptors (Lipinski definition) is 4. The third-order valence-electron chi connectivity index (χ3n) is 3.80. The van der Waals surface area contributed by atoms with E-state index < -0.39 is 0 Å². The first kappa shape index (κ1) is 13.3. The average Bonchev–Trinajstić information content (AvgIpc) is 3.09. The Bertz CT molecular complexity index is 627. The van der Waals surface area contributed by atoms with Gasteiger partial charge in [0.15, 0.2) is 5.65 Å². The lowest BCUT2D eigenvalue weighted by molar-refractivity contribution is 0.0834. The molecular weight excluding hydrogens is 256 g/mol. The number of rotatable bonds is 5. The fraction of sp³-hybridized carbons (Fsp3) is 0.571. The molecule has 0 amide bonds. The maximum absolute atomic E-state index is 12.1. The summed E-state index contributed by atoms with van der Waals surface area (Å²) in [5, 5.41) is 7.71. The zero-order valence-corrected chi connectivity index (χ0v) is 11.7. The zero-order chi connectivity index (χ0) is 13.9. The van der Waals surface area contributed by atoms with Gasteiger partial charge in [-0.25, -0.2) is 9.48 Å². The average molecular weight is 276 g/mol. The number of hydrogen-bond donors (Lipinski definition) is 1. The van der Waals surface area contributed by atoms with Gasteiger partial charge in [0.1, 0.15) is 0 Å². The SMILES string of the molecule is CC(NCCn1nc2ccccn2c1=O)C1CCCO1. The van der Waals surface area contributed by atoms with E-state index in [1.54, 1.807) is 10.6 Å². The molecule has 2 unspecified atom stereocenters. The predicted molar refractivity (Wildman–Crippen MR) is 75.9 cm³/mol. The molecule has 1 saturated heterocycles. The lowest BCUT2D eigenvalue weighted by Gasteiger charge is -2.19. The Balaban J connectivity index is 1.59. The van der Waals surface area contributed by atoms with E-state index in [0.29, 0.717) is 30.9 Å². The molecule has 2 atom stereocenters. The van der Waals surface area contributed by atoms with Gasteiger partial charge in [0.25, 0.3) is 0 Å². The molecular formula is C14H20N4O2. The number of ether oxygens (including phenoxy) is 1. The third-order valence-corrected chi connectivity index (χ3v) is 3.80. The molecule has 20 heavy (non-hydrogen) atoms. The van der Waals surface area contributed by atoms with Crippen LogP contribution >= 0.6 is 0 Å². The van der Waals surface area contributed by atoms with Crippen molar-refractivity contribution in [1.82, 2.24) is 19.5 Å². The van der Waals surface area contributed by atoms with Crippen LogP contribution in [0.15, 0.2) is 29.2 Å². The van der Waals surface area contributed by atoms with E-state index in [2.05, 4.69) is 17.3 Å². The number of aromatic nitrogens is 3. The molecule has 1 aliphatic heterocycles. The second-order valence-corrected chi connectivity index (χ2v) is 5.23. The van der Waals surface area contributed by atoms with Crippen molar-refractivity contribution >= 4 is 5.65 Å². The van der Waals surface area contributed by atoms with Gasteiger partial charge >= 0.3 is 5.69 Å². The van der Waals surface area contributed by atoms with E-state index in [-0.39, 0.29) is 5.69 Å². The Kier molecular flexibility index (Phi) is 3.84. The van der Waals surface area contributed by atoms with Crippen LogP contribution in [0.1, 0.15) is 19.8 Å². The third kappa shape index (κ3) is 2.62. The molecule has 0 spiro atoms. The summed E-state index contributed by atoms with van der Waals surface area (Å²) in [6.07, 6.45) is 4.29. The van der Waals surface area contributed by atoms with Crippen molar-refractivity contribution in [2.45, 2.75) is 38.5 Å². The van der Waals surface area contributed by atoms with Crippen molar-refractivity contribution < 1.29 is 4.74 Å². The summed E-state index contributed by atoms with van der Waals surface area (Å²) >= 11 is 0. The van der Waals surface area contributed by atoms with Gasteiger partial charge in [-0.3, -0.25) is 4.40 Å². The smallest absolute Gasteiger partial charge is 0.350 e. The van der Waals surface area contributed by atoms with Crippen LogP contribution in [0.2, 0.25) is 0 Å². The van der Waals surface area contributed by atoms with Gasteiger partial charge in [-0.05, 0) is 31.9 Å². The molecule has 6 heteroatoms. The van der Waals surface area contributed by atoms with Crippen molar-refractivity contribution in [3.8, 4) is 0 Å². The monoisotopic (exact) mass is 276 g/mol. The van der Waals surface area contributed by atoms with E-state index in [1.807, 2.05) is 18.2 Å². The van der Waals surface area contributed by atoms with E-state index >= 15 is 0 Å². The number of pyridine rings is 1. The van der Waals surface area contributed by atoms with Crippen molar-refractivity contribution in [2.24, 2.45) is 0 Å². The van der Waals surface area contributed by atoms with Crippen LogP contribution in [0.25, 0.3) is 5.65 Å². The molecule has 1 fully saturated rings. The van der Waals surface area contributed by atoms with E-state index in [0.717, 1.165) is 19.4 Å². The zero-order valence-electron chi connectivity index (χ0n) is 11.7. The molecule has 3 heterocycles. The Hall–Kier alpha value is -1.66. The molecule has 0 radical (unpaired) electrons. The quantitative estimate of drug-likeness (QED) is 0.871. The predicted octanol–water partition coefficient (Wildman–Crippen LogP) is 0.653. The summed E-state index contributed by atoms with van der Waals surface area (Å²) in [5.74, 6) is 0. The van der Waals surface area contributed by atoms with Crippen LogP contribution in [0, 0.1) is 0 Å². The minimum absolute atomic E-state index is 0.0906. The molecule has 1 N–H and O–H groups in total. The van der Waals surface area contributed by atoms with Gasteiger partial charge in [0.05, 0.1) is 12.6 Å². The van der Waals surface area contributed by atoms with Gasteiger partial charge in [-0.2, -0.15) is 0 Å². The van der Waals surface area contributed by atoms with Gasteiger partial charge in [0, 0.05) is 25.4 Å². The number of nitrogens with zero attached hydrogens (tertiary/aromatic N) is 3. The van der Waals surface area contributed by atoms with Crippen molar-refractivity contribution in [1.29, 1.82) is 0 Å². The summed E-state index contributed by atoms with van der Waals surface area (Å²) in [7, 11) is 0. The highest BCUT2D eigenvalue weighted by molar-refractivity contribution is 5.35. The topological polar surface area (TPSA) is 60.6 Å². The molecule has 2 aromatic rings. The minimum Gasteiger partial charge on any atom is -0.377 e. The van der Waals surface area contributed by atoms with E-state index in [1.165, 1.54) is 4.68 Å². The van der Waals surface area contributed by atoms with E-state index in [4.69, 9.17) is 4.74 Å². The molecule has 0 saturated carbocycles. The van der Waals surface area contributed by atoms with Crippen molar-refractivity contribution in [3.63, 3.8) is 0 Å². The standard InChI is InChI=1S/C14H20N4O2/c1-11(12-5-4-10-20-12)15-7-9-18-14(19)17-8-3-2-6-13(17)16-18/h2-3,6,8,11-12,15H,4-5,7,9-10H2,1H3. The lowest BCUT2D eigenvalue weighted by Crippen LogP contribution is -2.39. The summed E-state index contributed by atoms with van der Waals surface area (Å²) in [6, 6.07) is 5.85. The van der Waals surface area contributed by atoms with Gasteiger partial charge in [-0.15, -0.1) is 5.10 Å². The summed E-state index contributed by atoms with van der Waals surface area (Å²) in [5.41, 5.74) is 0.594. The van der Waals surface area contributed by atoms with Crippen LogP contribution in [0.5, 0.6) is 0 Å². The van der Waals surface area contributed by atoms with Crippen LogP contribution in [0.3, 0.4) is 0 Å². The lowest BCUT2D eigenvalue weighted by atomic mass is 10.1. The molecule has 1 aliphatic rings. The molecule has 0 bridgehead atoms. The van der Waals surface area contributed by atoms with Crippen molar-refractivity contribution in [3.05, 3.63) is 34.9 Å². The maximum atomic E-state index is 12.1. The van der Waals surface area contributed by atoms with Crippen LogP contribution < -0.4 is 11.0 Å². The van der Waals surface area contributed by atoms with Crippen molar-refractivity contribution in [2.75, 3.05) is 13.2 Å². The largest absolute Gasteiger partial charge is 0.377 e. The Morgan fingerprint density at radius 3 is 3.20 bits per heavy atom. The Morgan fingerprint density at radius 2 is 2.45 bits per heavy atom. The number of nitrogens with one attached hydrogen (secondary N) is 1. The van der Waals surface area contributed by atoms with Crippen LogP contribution in [-0.4, -0.2) is 39.5 Å². The molecule has 3 rings (SSSR count). The molecule has 0 aromatic carbocycles. The highest BCUT2D eigenvalue weighted by Crippen LogP contribution is 2.15. The normalized spacial score (nSPS) is 20.6. The first-order valence-electron chi connectivity index (χ1n) is 7.15. The minimum atomic E-state index is -0.0906. The fourth-order valence-electron chi connectivity index (χ4n) is 2.64. The van der Waals surface area contributed by atoms with Gasteiger partial charge < -0.3 is 10.1 Å². The highest BCUT2D eigenvalue weighted by atomic mass is 16.5. The second-order valence-electron chi connectivity index (χ2n) is 5.23. The molecule has 6 nitrogen and oxygen atoms in total. The molecule has 108 valence electrons. The maximum Gasteiger partial charge on any atom is 0.350 e. The Labute approximate surface area is 117 Å². The summed E-state index contributed by atoms with van der Waals surface area (Å²) in [6.45, 7) is 4.27. The van der Waals surface area contributed by atoms with Crippen LogP contribution in [-0.2, 0) is 11.3 Å². The first-order chi connectivity index (χ1) is 9.75. The van der Waals surface area contributed by atoms with Crippen LogP contribution in [0.4, 0.5) is 0 Å². The summed E-state index contributed by atoms with van der Waals surface area (Å²) in [4.78, 5) is 12.1. The number of fused-ring (bicyclic) bond motifs is 1. The van der Waals surface area contributed by atoms with Gasteiger partial charge in [-0.1, -0.05) is 6.07 Å². The molecule has 0 aliphatic carbocycles. The fourth-order valence-corrected chi connectivity index (χ4v) is 2.64. The Morgan fingerprint density at radius 1 is 1.55 bits per heavy atom. The second kappa shape index (κ2) is 5.76. The van der Waals surface area contributed by atoms with Gasteiger partial charge in [0.2, 0.25) is 0 Å².